The number of hydrogen-bond acceptors (Lipinski definition) is 4. The lowest BCUT2D eigenvalue weighted by atomic mass is 10.2. The standard InChI is InChI=1S/C22H30N4O2S.HI/c1-4-28-20-13-9-8-10-18(20)16-24-22(25-17-21(27)26(2)3)23-14-15-29-19-11-6-5-7-12-19;/h5-13H,4,14-17H2,1-3H3,(H2,23,24,25);1H. The Labute approximate surface area is 200 Å². The van der Waals surface area contributed by atoms with E-state index in [2.05, 4.69) is 27.8 Å². The molecule has 0 aliphatic heterocycles. The van der Waals surface area contributed by atoms with E-state index in [1.165, 1.54) is 4.90 Å². The number of hydrogen-bond donors (Lipinski definition) is 2. The summed E-state index contributed by atoms with van der Waals surface area (Å²) in [5.41, 5.74) is 1.01. The lowest BCUT2D eigenvalue weighted by Gasteiger charge is -2.15. The van der Waals surface area contributed by atoms with Gasteiger partial charge in [0.15, 0.2) is 5.96 Å². The van der Waals surface area contributed by atoms with Crippen LogP contribution < -0.4 is 15.4 Å². The average molecular weight is 542 g/mol. The van der Waals surface area contributed by atoms with Crippen LogP contribution in [0.25, 0.3) is 0 Å². The van der Waals surface area contributed by atoms with E-state index in [4.69, 9.17) is 4.74 Å². The molecule has 2 aromatic carbocycles. The third kappa shape index (κ3) is 9.71. The van der Waals surface area contributed by atoms with Crippen LogP contribution in [0.5, 0.6) is 5.75 Å². The molecule has 6 nitrogen and oxygen atoms in total. The van der Waals surface area contributed by atoms with Gasteiger partial charge in [-0.1, -0.05) is 36.4 Å². The molecule has 2 rings (SSSR count). The van der Waals surface area contributed by atoms with Crippen LogP contribution in [0.3, 0.4) is 0 Å². The zero-order valence-electron chi connectivity index (χ0n) is 17.8. The molecular formula is C22H31IN4O2S. The number of nitrogens with zero attached hydrogens (tertiary/aromatic N) is 2. The second kappa shape index (κ2) is 15.0. The Kier molecular flexibility index (Phi) is 13.0. The van der Waals surface area contributed by atoms with Gasteiger partial charge in [0.1, 0.15) is 5.75 Å². The quantitative estimate of drug-likeness (QED) is 0.158. The van der Waals surface area contributed by atoms with Crippen LogP contribution in [0.15, 0.2) is 64.5 Å². The molecule has 0 aliphatic rings. The smallest absolute Gasteiger partial charge is 0.241 e. The molecule has 0 spiro atoms. The number of aliphatic imine (C=N–C) groups is 1. The normalized spacial score (nSPS) is 10.7. The zero-order valence-corrected chi connectivity index (χ0v) is 20.9. The number of halogens is 1. The van der Waals surface area contributed by atoms with Crippen molar-refractivity contribution in [3.8, 4) is 5.75 Å². The van der Waals surface area contributed by atoms with Crippen LogP contribution in [0.4, 0.5) is 0 Å². The molecule has 8 heteroatoms. The zero-order chi connectivity index (χ0) is 20.9. The van der Waals surface area contributed by atoms with Crippen LogP contribution in [-0.2, 0) is 11.3 Å². The van der Waals surface area contributed by atoms with Crippen molar-refractivity contribution in [2.75, 3.05) is 39.5 Å². The SMILES string of the molecule is CCOc1ccccc1CN=C(NCCSc1ccccc1)NCC(=O)N(C)C.I. The second-order valence-electron chi connectivity index (χ2n) is 6.44. The van der Waals surface area contributed by atoms with E-state index < -0.39 is 0 Å². The van der Waals surface area contributed by atoms with Gasteiger partial charge in [-0.2, -0.15) is 0 Å². The monoisotopic (exact) mass is 542 g/mol. The van der Waals surface area contributed by atoms with E-state index in [-0.39, 0.29) is 36.4 Å². The van der Waals surface area contributed by atoms with Crippen molar-refractivity contribution in [2.24, 2.45) is 4.99 Å². The number of thioether (sulfide) groups is 1. The fraction of sp³-hybridized carbons (Fsp3) is 0.364. The number of likely N-dealkylation sites (N-methyl/N-ethyl adjacent to an activating group) is 1. The van der Waals surface area contributed by atoms with E-state index in [0.717, 1.165) is 23.6 Å². The summed E-state index contributed by atoms with van der Waals surface area (Å²) in [5, 5.41) is 6.43. The number of carbonyl (C=O) groups is 1. The van der Waals surface area contributed by atoms with Crippen molar-refractivity contribution < 1.29 is 9.53 Å². The van der Waals surface area contributed by atoms with E-state index >= 15 is 0 Å². The minimum Gasteiger partial charge on any atom is -0.494 e. The molecule has 0 heterocycles. The van der Waals surface area contributed by atoms with Gasteiger partial charge >= 0.3 is 0 Å². The lowest BCUT2D eigenvalue weighted by molar-refractivity contribution is -0.127. The summed E-state index contributed by atoms with van der Waals surface area (Å²) in [6.45, 7) is 3.96. The van der Waals surface area contributed by atoms with E-state index in [1.54, 1.807) is 30.8 Å². The molecule has 0 saturated carbocycles. The third-order valence-electron chi connectivity index (χ3n) is 3.99. The molecule has 0 saturated heterocycles. The van der Waals surface area contributed by atoms with E-state index in [1.807, 2.05) is 49.4 Å². The Hall–Kier alpha value is -1.94. The number of carbonyl (C=O) groups excluding carboxylic acids is 1. The summed E-state index contributed by atoms with van der Waals surface area (Å²) in [6.07, 6.45) is 0. The molecule has 30 heavy (non-hydrogen) atoms. The van der Waals surface area contributed by atoms with Gasteiger partial charge in [0.05, 0.1) is 19.7 Å². The molecular weight excluding hydrogens is 511 g/mol. The van der Waals surface area contributed by atoms with Gasteiger partial charge in [-0.15, -0.1) is 35.7 Å². The van der Waals surface area contributed by atoms with Gasteiger partial charge in [0.25, 0.3) is 0 Å². The Morgan fingerprint density at radius 3 is 2.47 bits per heavy atom. The van der Waals surface area contributed by atoms with Gasteiger partial charge in [-0.3, -0.25) is 4.79 Å². The Morgan fingerprint density at radius 2 is 1.77 bits per heavy atom. The molecule has 0 atom stereocenters. The first-order chi connectivity index (χ1) is 14.1. The minimum atomic E-state index is -0.00660. The molecule has 1 amide bonds. The van der Waals surface area contributed by atoms with E-state index in [9.17, 15) is 4.79 Å². The predicted molar refractivity (Wildman–Crippen MR) is 136 cm³/mol. The van der Waals surface area contributed by atoms with Gasteiger partial charge in [0, 0.05) is 36.9 Å². The third-order valence-corrected chi connectivity index (χ3v) is 5.01. The maximum absolute atomic E-state index is 11.9. The van der Waals surface area contributed by atoms with Crippen molar-refractivity contribution >= 4 is 47.6 Å². The topological polar surface area (TPSA) is 66.0 Å². The summed E-state index contributed by atoms with van der Waals surface area (Å²) in [5.74, 6) is 2.33. The fourth-order valence-corrected chi connectivity index (χ4v) is 3.23. The minimum absolute atomic E-state index is 0. The number of ether oxygens (including phenoxy) is 1. The van der Waals surface area contributed by atoms with Gasteiger partial charge in [-0.25, -0.2) is 4.99 Å². The van der Waals surface area contributed by atoms with Crippen molar-refractivity contribution in [3.63, 3.8) is 0 Å². The lowest BCUT2D eigenvalue weighted by Crippen LogP contribution is -2.43. The maximum atomic E-state index is 11.9. The first-order valence-electron chi connectivity index (χ1n) is 9.71. The number of amides is 1. The number of rotatable bonds is 10. The summed E-state index contributed by atoms with van der Waals surface area (Å²) in [6, 6.07) is 18.1. The highest BCUT2D eigenvalue weighted by Crippen LogP contribution is 2.19. The molecule has 0 bridgehead atoms. The molecule has 0 aromatic heterocycles. The fourth-order valence-electron chi connectivity index (χ4n) is 2.44. The van der Waals surface area contributed by atoms with Crippen LogP contribution in [0, 0.1) is 0 Å². The van der Waals surface area contributed by atoms with Crippen molar-refractivity contribution in [3.05, 3.63) is 60.2 Å². The molecule has 0 fully saturated rings. The van der Waals surface area contributed by atoms with Gasteiger partial charge in [-0.05, 0) is 25.1 Å². The van der Waals surface area contributed by atoms with Crippen LogP contribution in [-0.4, -0.2) is 56.3 Å². The molecule has 0 unspecified atom stereocenters. The maximum Gasteiger partial charge on any atom is 0.241 e. The molecule has 164 valence electrons. The largest absolute Gasteiger partial charge is 0.494 e. The summed E-state index contributed by atoms with van der Waals surface area (Å²) in [4.78, 5) is 19.4. The summed E-state index contributed by atoms with van der Waals surface area (Å²) >= 11 is 1.77. The number of guanidine groups is 1. The Balaban J connectivity index is 0.00000450. The second-order valence-corrected chi connectivity index (χ2v) is 7.60. The van der Waals surface area contributed by atoms with Crippen molar-refractivity contribution in [1.29, 1.82) is 0 Å². The number of benzene rings is 2. The number of para-hydroxylation sites is 1. The van der Waals surface area contributed by atoms with Crippen molar-refractivity contribution in [2.45, 2.75) is 18.4 Å². The highest BCUT2D eigenvalue weighted by atomic mass is 127. The average Bonchev–Trinajstić information content (AvgIpc) is 2.74. The van der Waals surface area contributed by atoms with Crippen LogP contribution in [0.1, 0.15) is 12.5 Å². The molecule has 0 aliphatic carbocycles. The summed E-state index contributed by atoms with van der Waals surface area (Å²) < 4.78 is 5.67. The highest BCUT2D eigenvalue weighted by Gasteiger charge is 2.07. The molecule has 2 aromatic rings. The summed E-state index contributed by atoms with van der Waals surface area (Å²) in [7, 11) is 3.48. The number of nitrogens with one attached hydrogen (secondary N) is 2. The predicted octanol–water partition coefficient (Wildman–Crippen LogP) is 3.62. The highest BCUT2D eigenvalue weighted by molar-refractivity contribution is 14.0. The molecule has 2 N–H and O–H groups in total. The van der Waals surface area contributed by atoms with Gasteiger partial charge in [0.2, 0.25) is 5.91 Å². The van der Waals surface area contributed by atoms with Crippen LogP contribution >= 0.6 is 35.7 Å². The van der Waals surface area contributed by atoms with Crippen molar-refractivity contribution in [1.82, 2.24) is 15.5 Å². The van der Waals surface area contributed by atoms with Crippen LogP contribution in [0.2, 0.25) is 0 Å². The molecule has 0 radical (unpaired) electrons. The van der Waals surface area contributed by atoms with Gasteiger partial charge < -0.3 is 20.3 Å². The van der Waals surface area contributed by atoms with E-state index in [0.29, 0.717) is 19.1 Å². The first-order valence-corrected chi connectivity index (χ1v) is 10.7. The Bertz CT molecular complexity index is 788. The Morgan fingerprint density at radius 1 is 1.07 bits per heavy atom. The first kappa shape index (κ1) is 26.1.